The second-order valence-corrected chi connectivity index (χ2v) is 6.31. The summed E-state index contributed by atoms with van der Waals surface area (Å²) in [5.41, 5.74) is 1.13. The maximum absolute atomic E-state index is 12.1. The molecule has 23 heavy (non-hydrogen) atoms. The van der Waals surface area contributed by atoms with Crippen LogP contribution in [0.25, 0.3) is 0 Å². The number of rotatable bonds is 5. The number of hydrogen-bond acceptors (Lipinski definition) is 5. The molecule has 1 amide bonds. The summed E-state index contributed by atoms with van der Waals surface area (Å²) in [5, 5.41) is 15.4. The molecule has 0 aliphatic heterocycles. The third kappa shape index (κ3) is 4.82. The van der Waals surface area contributed by atoms with Gasteiger partial charge in [-0.15, -0.1) is 0 Å². The molecule has 7 nitrogen and oxygen atoms in total. The van der Waals surface area contributed by atoms with Gasteiger partial charge >= 0.3 is 0 Å². The summed E-state index contributed by atoms with van der Waals surface area (Å²) >= 11 is 0. The zero-order valence-electron chi connectivity index (χ0n) is 12.2. The molecule has 0 spiro atoms. The summed E-state index contributed by atoms with van der Waals surface area (Å²) in [6.45, 7) is 1.37. The van der Waals surface area contributed by atoms with Crippen LogP contribution >= 0.6 is 0 Å². The van der Waals surface area contributed by atoms with Gasteiger partial charge in [0, 0.05) is 12.6 Å². The fourth-order valence-corrected chi connectivity index (χ4v) is 2.50. The summed E-state index contributed by atoms with van der Waals surface area (Å²) in [5.74, 6) is -0.126. The van der Waals surface area contributed by atoms with Crippen LogP contribution in [-0.2, 0) is 14.8 Å². The van der Waals surface area contributed by atoms with Crippen molar-refractivity contribution in [1.82, 2.24) is 4.83 Å². The average Bonchev–Trinajstić information content (AvgIpc) is 2.49. The van der Waals surface area contributed by atoms with E-state index < -0.39 is 10.0 Å². The molecule has 0 atom stereocenters. The van der Waals surface area contributed by atoms with Crippen LogP contribution in [0.15, 0.2) is 58.5 Å². The maximum atomic E-state index is 12.1. The monoisotopic (exact) mass is 333 g/mol. The lowest BCUT2D eigenvalue weighted by Gasteiger charge is -2.05. The number of hydrogen-bond donors (Lipinski definition) is 3. The Morgan fingerprint density at radius 2 is 1.70 bits per heavy atom. The van der Waals surface area contributed by atoms with Crippen molar-refractivity contribution >= 4 is 27.8 Å². The van der Waals surface area contributed by atoms with Crippen molar-refractivity contribution in [3.8, 4) is 5.75 Å². The number of benzene rings is 2. The van der Waals surface area contributed by atoms with Crippen LogP contribution < -0.4 is 10.1 Å². The molecule has 0 bridgehead atoms. The van der Waals surface area contributed by atoms with Gasteiger partial charge in [0.1, 0.15) is 5.75 Å². The number of nitrogens with zero attached hydrogens (tertiary/aromatic N) is 1. The molecule has 8 heteroatoms. The third-order valence-electron chi connectivity index (χ3n) is 2.76. The van der Waals surface area contributed by atoms with E-state index in [-0.39, 0.29) is 16.6 Å². The molecular weight excluding hydrogens is 318 g/mol. The molecule has 0 aliphatic rings. The van der Waals surface area contributed by atoms with Crippen molar-refractivity contribution in [1.29, 1.82) is 0 Å². The smallest absolute Gasteiger partial charge is 0.276 e. The van der Waals surface area contributed by atoms with Gasteiger partial charge < -0.3 is 10.4 Å². The van der Waals surface area contributed by atoms with Crippen LogP contribution in [0.4, 0.5) is 5.69 Å². The van der Waals surface area contributed by atoms with Crippen molar-refractivity contribution in [2.75, 3.05) is 5.32 Å². The van der Waals surface area contributed by atoms with Crippen molar-refractivity contribution in [3.63, 3.8) is 0 Å². The van der Waals surface area contributed by atoms with Crippen molar-refractivity contribution in [2.24, 2.45) is 5.10 Å². The van der Waals surface area contributed by atoms with Gasteiger partial charge in [0.2, 0.25) is 5.91 Å². The normalized spacial score (nSPS) is 11.3. The minimum atomic E-state index is -3.79. The molecule has 0 aliphatic carbocycles. The Bertz CT molecular complexity index is 813. The van der Waals surface area contributed by atoms with Crippen molar-refractivity contribution in [3.05, 3.63) is 54.1 Å². The molecule has 3 N–H and O–H groups in total. The molecule has 0 unspecified atom stereocenters. The van der Waals surface area contributed by atoms with E-state index in [1.165, 1.54) is 49.5 Å². The molecule has 0 aromatic heterocycles. The Labute approximate surface area is 133 Å². The topological polar surface area (TPSA) is 108 Å². The van der Waals surface area contributed by atoms with E-state index in [1.54, 1.807) is 12.1 Å². The standard InChI is InChI=1S/C15H15N3O4S/c1-11(19)17-13-4-8-15(9-5-13)23(21,22)18-16-10-12-2-6-14(20)7-3-12/h2-10,18,20H,1H3,(H,17,19)/b16-10+. The van der Waals surface area contributed by atoms with Gasteiger partial charge in [-0.1, -0.05) is 0 Å². The number of phenols is 1. The Morgan fingerprint density at radius 3 is 2.26 bits per heavy atom. The van der Waals surface area contributed by atoms with Gasteiger partial charge in [-0.2, -0.15) is 13.5 Å². The van der Waals surface area contributed by atoms with Crippen LogP contribution in [0.1, 0.15) is 12.5 Å². The summed E-state index contributed by atoms with van der Waals surface area (Å²) in [6.07, 6.45) is 1.32. The molecule has 0 heterocycles. The number of phenolic OH excluding ortho intramolecular Hbond substituents is 1. The highest BCUT2D eigenvalue weighted by Crippen LogP contribution is 2.14. The molecule has 120 valence electrons. The van der Waals surface area contributed by atoms with Gasteiger partial charge in [0.05, 0.1) is 11.1 Å². The Morgan fingerprint density at radius 1 is 1.09 bits per heavy atom. The van der Waals surface area contributed by atoms with Gasteiger partial charge in [-0.05, 0) is 54.1 Å². The number of amides is 1. The predicted molar refractivity (Wildman–Crippen MR) is 86.8 cm³/mol. The first-order valence-corrected chi connectivity index (χ1v) is 8.07. The SMILES string of the molecule is CC(=O)Nc1ccc(S(=O)(=O)N/N=C/c2ccc(O)cc2)cc1. The number of anilines is 1. The molecular formula is C15H15N3O4S. The fourth-order valence-electron chi connectivity index (χ4n) is 1.70. The summed E-state index contributed by atoms with van der Waals surface area (Å²) in [4.78, 5) is 13.0. The number of carbonyl (C=O) groups is 1. The molecule has 2 aromatic carbocycles. The lowest BCUT2D eigenvalue weighted by Crippen LogP contribution is -2.18. The first kappa shape index (κ1) is 16.5. The highest BCUT2D eigenvalue weighted by atomic mass is 32.2. The number of aromatic hydroxyl groups is 1. The summed E-state index contributed by atoms with van der Waals surface area (Å²) in [7, 11) is -3.79. The van der Waals surface area contributed by atoms with Crippen LogP contribution in [0, 0.1) is 0 Å². The van der Waals surface area contributed by atoms with Crippen LogP contribution in [0.5, 0.6) is 5.75 Å². The number of hydrazone groups is 1. The van der Waals surface area contributed by atoms with Crippen LogP contribution in [-0.4, -0.2) is 25.6 Å². The zero-order valence-corrected chi connectivity index (χ0v) is 13.0. The second-order valence-electron chi connectivity index (χ2n) is 4.65. The zero-order chi connectivity index (χ0) is 16.9. The maximum Gasteiger partial charge on any atom is 0.276 e. The molecule has 0 fully saturated rings. The number of carbonyl (C=O) groups excluding carboxylic acids is 1. The van der Waals surface area contributed by atoms with Crippen molar-refractivity contribution < 1.29 is 18.3 Å². The van der Waals surface area contributed by atoms with E-state index in [9.17, 15) is 13.2 Å². The average molecular weight is 333 g/mol. The fraction of sp³-hybridized carbons (Fsp3) is 0.0667. The van der Waals surface area contributed by atoms with E-state index in [0.717, 1.165) is 0 Å². The summed E-state index contributed by atoms with van der Waals surface area (Å²) in [6, 6.07) is 11.8. The molecule has 0 saturated heterocycles. The van der Waals surface area contributed by atoms with Crippen molar-refractivity contribution in [2.45, 2.75) is 11.8 Å². The minimum Gasteiger partial charge on any atom is -0.508 e. The Balaban J connectivity index is 2.06. The van der Waals surface area contributed by atoms with Gasteiger partial charge in [0.15, 0.2) is 0 Å². The second kappa shape index (κ2) is 6.93. The van der Waals surface area contributed by atoms with Crippen LogP contribution in [0.2, 0.25) is 0 Å². The summed E-state index contributed by atoms with van der Waals surface area (Å²) < 4.78 is 24.1. The third-order valence-corrected chi connectivity index (χ3v) is 4.00. The van der Waals surface area contributed by atoms with Gasteiger partial charge in [-0.3, -0.25) is 4.79 Å². The highest BCUT2D eigenvalue weighted by molar-refractivity contribution is 7.89. The lowest BCUT2D eigenvalue weighted by molar-refractivity contribution is -0.114. The first-order valence-electron chi connectivity index (χ1n) is 6.58. The largest absolute Gasteiger partial charge is 0.508 e. The van der Waals surface area contributed by atoms with Crippen LogP contribution in [0.3, 0.4) is 0 Å². The Kier molecular flexibility index (Phi) is 4.97. The van der Waals surface area contributed by atoms with E-state index in [1.807, 2.05) is 0 Å². The molecule has 0 saturated carbocycles. The number of sulfonamides is 1. The van der Waals surface area contributed by atoms with E-state index in [2.05, 4.69) is 15.2 Å². The van der Waals surface area contributed by atoms with Gasteiger partial charge in [0.25, 0.3) is 10.0 Å². The number of nitrogens with one attached hydrogen (secondary N) is 2. The minimum absolute atomic E-state index is 0.0226. The van der Waals surface area contributed by atoms with Gasteiger partial charge in [-0.25, -0.2) is 4.83 Å². The predicted octanol–water partition coefficient (Wildman–Crippen LogP) is 1.66. The first-order chi connectivity index (χ1) is 10.9. The van der Waals surface area contributed by atoms with E-state index in [4.69, 9.17) is 5.11 Å². The lowest BCUT2D eigenvalue weighted by atomic mass is 10.2. The van der Waals surface area contributed by atoms with E-state index in [0.29, 0.717) is 11.3 Å². The van der Waals surface area contributed by atoms with E-state index >= 15 is 0 Å². The molecule has 2 aromatic rings. The molecule has 0 radical (unpaired) electrons. The molecule has 2 rings (SSSR count). The quantitative estimate of drug-likeness (QED) is 0.571. The highest BCUT2D eigenvalue weighted by Gasteiger charge is 2.12. The Hall–Kier alpha value is -2.87.